The van der Waals surface area contributed by atoms with Gasteiger partial charge in [-0.2, -0.15) is 0 Å². The fourth-order valence-corrected chi connectivity index (χ4v) is 1.92. The fourth-order valence-electron chi connectivity index (χ4n) is 1.70. The standard InChI is InChI=1S/C13H16ClN3/c14-7-12(6-13-9-15-10-17-13)16-8-11-4-2-1-3-5-11/h1-5,9-10,12,16H,6-8H2,(H,15,17)/t12-/m0/s1. The Hall–Kier alpha value is -1.32. The lowest BCUT2D eigenvalue weighted by atomic mass is 10.1. The smallest absolute Gasteiger partial charge is 0.0921 e. The Morgan fingerprint density at radius 2 is 2.12 bits per heavy atom. The van der Waals surface area contributed by atoms with E-state index < -0.39 is 0 Å². The van der Waals surface area contributed by atoms with Crippen molar-refractivity contribution in [1.29, 1.82) is 0 Å². The Balaban J connectivity index is 1.84. The van der Waals surface area contributed by atoms with E-state index in [0.29, 0.717) is 5.88 Å². The van der Waals surface area contributed by atoms with E-state index in [-0.39, 0.29) is 6.04 Å². The maximum Gasteiger partial charge on any atom is 0.0921 e. The summed E-state index contributed by atoms with van der Waals surface area (Å²) >= 11 is 5.95. The van der Waals surface area contributed by atoms with Gasteiger partial charge in [0.15, 0.2) is 0 Å². The molecular weight excluding hydrogens is 234 g/mol. The molecule has 2 N–H and O–H groups in total. The summed E-state index contributed by atoms with van der Waals surface area (Å²) in [4.78, 5) is 7.09. The number of alkyl halides is 1. The number of rotatable bonds is 6. The van der Waals surface area contributed by atoms with Crippen molar-refractivity contribution in [1.82, 2.24) is 15.3 Å². The minimum atomic E-state index is 0.261. The summed E-state index contributed by atoms with van der Waals surface area (Å²) in [6, 6.07) is 10.6. The molecule has 0 aliphatic heterocycles. The molecule has 0 spiro atoms. The number of nitrogens with zero attached hydrogens (tertiary/aromatic N) is 1. The number of benzene rings is 1. The second-order valence-electron chi connectivity index (χ2n) is 4.00. The average Bonchev–Trinajstić information content (AvgIpc) is 2.88. The van der Waals surface area contributed by atoms with E-state index in [1.54, 1.807) is 6.33 Å². The Bertz CT molecular complexity index is 413. The van der Waals surface area contributed by atoms with E-state index >= 15 is 0 Å². The van der Waals surface area contributed by atoms with Gasteiger partial charge in [0.05, 0.1) is 6.33 Å². The molecule has 90 valence electrons. The molecule has 2 aromatic rings. The number of hydrogen-bond donors (Lipinski definition) is 2. The first-order valence-corrected chi connectivity index (χ1v) is 6.22. The zero-order valence-electron chi connectivity index (χ0n) is 9.57. The number of aromatic amines is 1. The molecule has 1 heterocycles. The van der Waals surface area contributed by atoms with Gasteiger partial charge in [-0.05, 0) is 5.56 Å². The first-order valence-electron chi connectivity index (χ1n) is 5.69. The van der Waals surface area contributed by atoms with Gasteiger partial charge >= 0.3 is 0 Å². The molecule has 0 aliphatic carbocycles. The van der Waals surface area contributed by atoms with Crippen LogP contribution < -0.4 is 5.32 Å². The minimum Gasteiger partial charge on any atom is -0.348 e. The van der Waals surface area contributed by atoms with E-state index in [2.05, 4.69) is 27.4 Å². The Morgan fingerprint density at radius 3 is 2.76 bits per heavy atom. The second kappa shape index (κ2) is 6.42. The average molecular weight is 250 g/mol. The molecule has 2 rings (SSSR count). The molecule has 1 aromatic carbocycles. The van der Waals surface area contributed by atoms with Gasteiger partial charge in [-0.1, -0.05) is 30.3 Å². The van der Waals surface area contributed by atoms with Crippen LogP contribution in [0, 0.1) is 0 Å². The number of hydrogen-bond acceptors (Lipinski definition) is 2. The number of H-pyrrole nitrogens is 1. The van der Waals surface area contributed by atoms with Gasteiger partial charge in [0.1, 0.15) is 0 Å². The van der Waals surface area contributed by atoms with Gasteiger partial charge in [-0.25, -0.2) is 4.98 Å². The van der Waals surface area contributed by atoms with E-state index in [9.17, 15) is 0 Å². The van der Waals surface area contributed by atoms with Gasteiger partial charge in [0.25, 0.3) is 0 Å². The number of imidazole rings is 1. The van der Waals surface area contributed by atoms with Crippen LogP contribution in [0.15, 0.2) is 42.9 Å². The molecule has 0 unspecified atom stereocenters. The van der Waals surface area contributed by atoms with Gasteiger partial charge in [0.2, 0.25) is 0 Å². The summed E-state index contributed by atoms with van der Waals surface area (Å²) < 4.78 is 0. The Labute approximate surface area is 106 Å². The van der Waals surface area contributed by atoms with E-state index in [1.165, 1.54) is 5.56 Å². The third kappa shape index (κ3) is 3.88. The van der Waals surface area contributed by atoms with Crippen LogP contribution in [-0.2, 0) is 13.0 Å². The van der Waals surface area contributed by atoms with Crippen molar-refractivity contribution in [3.8, 4) is 0 Å². The van der Waals surface area contributed by atoms with Gasteiger partial charge in [0, 0.05) is 36.8 Å². The first kappa shape index (κ1) is 12.1. The van der Waals surface area contributed by atoms with Gasteiger partial charge in [-0.3, -0.25) is 0 Å². The molecule has 1 aromatic heterocycles. The van der Waals surface area contributed by atoms with Gasteiger partial charge in [-0.15, -0.1) is 11.6 Å². The molecule has 0 radical (unpaired) electrons. The maximum atomic E-state index is 5.95. The monoisotopic (exact) mass is 249 g/mol. The lowest BCUT2D eigenvalue weighted by Gasteiger charge is -2.15. The third-order valence-electron chi connectivity index (χ3n) is 2.65. The SMILES string of the molecule is ClC[C@H](Cc1cnc[nH]1)NCc1ccccc1. The molecule has 0 saturated heterocycles. The van der Waals surface area contributed by atoms with Crippen LogP contribution in [0.5, 0.6) is 0 Å². The van der Waals surface area contributed by atoms with Crippen LogP contribution in [0.25, 0.3) is 0 Å². The number of nitrogens with one attached hydrogen (secondary N) is 2. The summed E-state index contributed by atoms with van der Waals surface area (Å²) in [6.45, 7) is 0.840. The molecule has 0 fully saturated rings. The summed E-state index contributed by atoms with van der Waals surface area (Å²) in [5.74, 6) is 0.589. The highest BCUT2D eigenvalue weighted by Crippen LogP contribution is 2.03. The lowest BCUT2D eigenvalue weighted by Crippen LogP contribution is -2.32. The maximum absolute atomic E-state index is 5.95. The van der Waals surface area contributed by atoms with Crippen molar-refractivity contribution in [3.63, 3.8) is 0 Å². The highest BCUT2D eigenvalue weighted by atomic mass is 35.5. The minimum absolute atomic E-state index is 0.261. The van der Waals surface area contributed by atoms with E-state index in [0.717, 1.165) is 18.7 Å². The topological polar surface area (TPSA) is 40.7 Å². The molecule has 17 heavy (non-hydrogen) atoms. The quantitative estimate of drug-likeness (QED) is 0.772. The fraction of sp³-hybridized carbons (Fsp3) is 0.308. The van der Waals surface area contributed by atoms with Crippen molar-refractivity contribution in [2.45, 2.75) is 19.0 Å². The van der Waals surface area contributed by atoms with Crippen LogP contribution in [0.2, 0.25) is 0 Å². The lowest BCUT2D eigenvalue weighted by molar-refractivity contribution is 0.546. The van der Waals surface area contributed by atoms with Gasteiger partial charge < -0.3 is 10.3 Å². The van der Waals surface area contributed by atoms with Crippen LogP contribution in [0.3, 0.4) is 0 Å². The normalized spacial score (nSPS) is 12.5. The summed E-state index contributed by atoms with van der Waals surface area (Å²) in [6.07, 6.45) is 4.40. The summed E-state index contributed by atoms with van der Waals surface area (Å²) in [7, 11) is 0. The van der Waals surface area contributed by atoms with Crippen molar-refractivity contribution >= 4 is 11.6 Å². The first-order chi connectivity index (χ1) is 8.38. The van der Waals surface area contributed by atoms with Crippen molar-refractivity contribution in [2.75, 3.05) is 5.88 Å². The molecule has 0 saturated carbocycles. The van der Waals surface area contributed by atoms with Crippen LogP contribution in [0.1, 0.15) is 11.3 Å². The Kier molecular flexibility index (Phi) is 4.59. The predicted molar refractivity (Wildman–Crippen MR) is 70.1 cm³/mol. The molecule has 4 heteroatoms. The van der Waals surface area contributed by atoms with Crippen molar-refractivity contribution in [2.24, 2.45) is 0 Å². The van der Waals surface area contributed by atoms with E-state index in [4.69, 9.17) is 11.6 Å². The van der Waals surface area contributed by atoms with E-state index in [1.807, 2.05) is 24.4 Å². The Morgan fingerprint density at radius 1 is 1.29 bits per heavy atom. The summed E-state index contributed by atoms with van der Waals surface area (Å²) in [5, 5.41) is 3.44. The van der Waals surface area contributed by atoms with Crippen LogP contribution >= 0.6 is 11.6 Å². The molecule has 1 atom stereocenters. The predicted octanol–water partition coefficient (Wildman–Crippen LogP) is 2.35. The van der Waals surface area contributed by atoms with Crippen LogP contribution in [-0.4, -0.2) is 21.9 Å². The number of halogens is 1. The third-order valence-corrected chi connectivity index (χ3v) is 3.02. The summed E-state index contributed by atoms with van der Waals surface area (Å²) in [5.41, 5.74) is 2.38. The zero-order valence-corrected chi connectivity index (χ0v) is 10.3. The second-order valence-corrected chi connectivity index (χ2v) is 4.31. The molecule has 0 aliphatic rings. The molecule has 3 nitrogen and oxygen atoms in total. The molecule has 0 amide bonds. The van der Waals surface area contributed by atoms with Crippen molar-refractivity contribution in [3.05, 3.63) is 54.1 Å². The highest BCUT2D eigenvalue weighted by molar-refractivity contribution is 6.18. The molecule has 0 bridgehead atoms. The largest absolute Gasteiger partial charge is 0.348 e. The molecular formula is C13H16ClN3. The van der Waals surface area contributed by atoms with Crippen molar-refractivity contribution < 1.29 is 0 Å². The number of aromatic nitrogens is 2. The zero-order chi connectivity index (χ0) is 11.9. The highest BCUT2D eigenvalue weighted by Gasteiger charge is 2.08. The van der Waals surface area contributed by atoms with Crippen LogP contribution in [0.4, 0.5) is 0 Å².